The number of carbonyl (C=O) groups excluding carboxylic acids is 1. The normalized spacial score (nSPS) is 13.9. The van der Waals surface area contributed by atoms with E-state index in [1.807, 2.05) is 27.2 Å². The topological polar surface area (TPSA) is 108 Å². The zero-order valence-electron chi connectivity index (χ0n) is 56.2. The highest BCUT2D eigenvalue weighted by Crippen LogP contribution is 2.38. The molecule has 0 aromatic rings. The summed E-state index contributed by atoms with van der Waals surface area (Å²) in [5.41, 5.74) is 0. The molecule has 0 fully saturated rings. The Morgan fingerprint density at radius 3 is 1.05 bits per heavy atom. The Kier molecular flexibility index (Phi) is 63.7. The number of hydrogen-bond acceptors (Lipinski definition) is 6. The smallest absolute Gasteiger partial charge is 0.268 e. The fourth-order valence-electron chi connectivity index (χ4n) is 11.1. The Bertz CT molecular complexity index is 1490. The average molecular weight is 1190 g/mol. The van der Waals surface area contributed by atoms with Crippen molar-refractivity contribution in [2.45, 2.75) is 379 Å². The summed E-state index contributed by atoms with van der Waals surface area (Å²) in [4.78, 5) is 25.6. The summed E-state index contributed by atoms with van der Waals surface area (Å²) in [6, 6.07) is -0.904. The molecule has 0 radical (unpaired) electrons. The molecule has 0 aromatic heterocycles. The lowest BCUT2D eigenvalue weighted by Crippen LogP contribution is -2.45. The van der Waals surface area contributed by atoms with E-state index in [0.717, 1.165) is 44.9 Å². The molecule has 0 saturated heterocycles. The average Bonchev–Trinajstić information content (AvgIpc) is 3.50. The van der Waals surface area contributed by atoms with Crippen molar-refractivity contribution in [2.75, 3.05) is 40.9 Å². The minimum atomic E-state index is -4.61. The number of phosphoric ester groups is 1. The number of allylic oxidation sites excluding steroid dienone is 7. The van der Waals surface area contributed by atoms with Crippen molar-refractivity contribution in [3.8, 4) is 0 Å². The van der Waals surface area contributed by atoms with E-state index >= 15 is 0 Å². The summed E-state index contributed by atoms with van der Waals surface area (Å²) < 4.78 is 23.4. The first-order chi connectivity index (χ1) is 40.5. The third-order valence-corrected chi connectivity index (χ3v) is 17.7. The summed E-state index contributed by atoms with van der Waals surface area (Å²) in [6.45, 7) is 4.67. The van der Waals surface area contributed by atoms with Crippen LogP contribution in [-0.4, -0.2) is 68.5 Å². The molecular formula is C74H143N2O6P. The second-order valence-electron chi connectivity index (χ2n) is 26.3. The molecule has 83 heavy (non-hydrogen) atoms. The fourth-order valence-corrected chi connectivity index (χ4v) is 11.8. The molecule has 0 spiro atoms. The zero-order valence-corrected chi connectivity index (χ0v) is 57.1. The van der Waals surface area contributed by atoms with Crippen LogP contribution in [0.4, 0.5) is 0 Å². The van der Waals surface area contributed by atoms with E-state index in [4.69, 9.17) is 9.05 Å². The predicted molar refractivity (Wildman–Crippen MR) is 362 cm³/mol. The van der Waals surface area contributed by atoms with Gasteiger partial charge in [-0.1, -0.05) is 345 Å². The van der Waals surface area contributed by atoms with E-state index in [0.29, 0.717) is 17.4 Å². The number of nitrogens with one attached hydrogen (secondary N) is 1. The number of aliphatic hydroxyl groups excluding tert-OH is 1. The van der Waals surface area contributed by atoms with Crippen molar-refractivity contribution < 1.29 is 32.9 Å². The molecule has 0 aromatic carbocycles. The molecule has 0 bridgehead atoms. The van der Waals surface area contributed by atoms with E-state index in [9.17, 15) is 19.4 Å². The molecule has 0 aliphatic heterocycles. The van der Waals surface area contributed by atoms with Gasteiger partial charge in [0.25, 0.3) is 7.82 Å². The van der Waals surface area contributed by atoms with Gasteiger partial charge in [0.2, 0.25) is 5.91 Å². The van der Waals surface area contributed by atoms with Gasteiger partial charge in [-0.25, -0.2) is 0 Å². The van der Waals surface area contributed by atoms with Gasteiger partial charge in [0.1, 0.15) is 13.2 Å². The van der Waals surface area contributed by atoms with Crippen molar-refractivity contribution in [2.24, 2.45) is 0 Å². The first-order valence-electron chi connectivity index (χ1n) is 36.5. The molecule has 0 aliphatic rings. The summed E-state index contributed by atoms with van der Waals surface area (Å²) >= 11 is 0. The van der Waals surface area contributed by atoms with Crippen LogP contribution >= 0.6 is 7.82 Å². The minimum absolute atomic E-state index is 0.00478. The van der Waals surface area contributed by atoms with Gasteiger partial charge in [-0.05, 0) is 64.2 Å². The maximum absolute atomic E-state index is 13.0. The Balaban J connectivity index is 3.99. The third kappa shape index (κ3) is 67.8. The number of phosphoric acid groups is 1. The number of amides is 1. The van der Waals surface area contributed by atoms with Crippen LogP contribution in [0.25, 0.3) is 0 Å². The molecule has 3 atom stereocenters. The predicted octanol–water partition coefficient (Wildman–Crippen LogP) is 22.8. The zero-order chi connectivity index (χ0) is 60.5. The van der Waals surface area contributed by atoms with E-state index in [1.54, 1.807) is 6.08 Å². The highest BCUT2D eigenvalue weighted by atomic mass is 31.2. The van der Waals surface area contributed by atoms with Crippen LogP contribution in [0.1, 0.15) is 367 Å². The SMILES string of the molecule is CCCCCCC/C=C\C/C=C\CCCCCCCCCCCCCCCCCCCCCCCCCCCC(=O)NC(COP(=O)([O-])OCC[N+](C)(C)C)C(O)/C=C/CC/C=C/CCCCCCCCCCCCCCCCCCCC. The van der Waals surface area contributed by atoms with Gasteiger partial charge in [0.15, 0.2) is 0 Å². The standard InChI is InChI=1S/C74H143N2O6P/c1-6-8-10-12-14-16-18-20-22-24-26-28-30-32-33-34-35-36-37-38-39-40-41-42-43-44-46-48-50-52-54-56-58-60-62-64-66-68-74(78)75-72(71-82-83(79,80)81-70-69-76(3,4)5)73(77)67-65-63-61-59-57-55-53-51-49-47-45-31-29-27-25-23-21-19-17-15-13-11-9-7-2/h18,20,24,26,57,59,65,67,72-73,77H,6-17,19,21-23,25,27-56,58,60-64,66,68-71H2,1-5H3,(H-,75,78,79,80)/b20-18-,26-24-,59-57+,67-65+. The number of nitrogens with zero attached hydrogens (tertiary/aromatic N) is 1. The Morgan fingerprint density at radius 1 is 0.422 bits per heavy atom. The number of quaternary nitrogens is 1. The second kappa shape index (κ2) is 64.9. The van der Waals surface area contributed by atoms with Gasteiger partial charge < -0.3 is 28.8 Å². The van der Waals surface area contributed by atoms with Crippen LogP contribution in [0, 0.1) is 0 Å². The molecule has 9 heteroatoms. The summed E-state index contributed by atoms with van der Waals surface area (Å²) in [5.74, 6) is -0.200. The van der Waals surface area contributed by atoms with E-state index < -0.39 is 20.0 Å². The number of likely N-dealkylation sites (N-methyl/N-ethyl adjacent to an activating group) is 1. The van der Waals surface area contributed by atoms with Crippen LogP contribution in [0.15, 0.2) is 48.6 Å². The van der Waals surface area contributed by atoms with Gasteiger partial charge in [-0.15, -0.1) is 0 Å². The van der Waals surface area contributed by atoms with Crippen molar-refractivity contribution in [3.05, 3.63) is 48.6 Å². The maximum atomic E-state index is 13.0. The molecule has 0 rings (SSSR count). The van der Waals surface area contributed by atoms with E-state index in [-0.39, 0.29) is 19.1 Å². The quantitative estimate of drug-likeness (QED) is 0.0272. The van der Waals surface area contributed by atoms with Crippen LogP contribution in [0.5, 0.6) is 0 Å². The van der Waals surface area contributed by atoms with Gasteiger partial charge in [0, 0.05) is 6.42 Å². The third-order valence-electron chi connectivity index (χ3n) is 16.8. The lowest BCUT2D eigenvalue weighted by atomic mass is 10.0. The molecule has 0 aliphatic carbocycles. The Hall–Kier alpha value is -1.54. The summed E-state index contributed by atoms with van der Waals surface area (Å²) in [5, 5.41) is 13.9. The Labute approximate surface area is 518 Å². The van der Waals surface area contributed by atoms with E-state index in [2.05, 4.69) is 55.6 Å². The highest BCUT2D eigenvalue weighted by molar-refractivity contribution is 7.45. The van der Waals surface area contributed by atoms with Crippen LogP contribution < -0.4 is 10.2 Å². The summed E-state index contributed by atoms with van der Waals surface area (Å²) in [6.07, 6.45) is 88.3. The van der Waals surface area contributed by atoms with Gasteiger partial charge in [-0.3, -0.25) is 9.36 Å². The van der Waals surface area contributed by atoms with Gasteiger partial charge >= 0.3 is 0 Å². The Morgan fingerprint density at radius 2 is 0.711 bits per heavy atom. The molecule has 490 valence electrons. The van der Waals surface area contributed by atoms with Gasteiger partial charge in [-0.2, -0.15) is 0 Å². The number of rotatable bonds is 68. The van der Waals surface area contributed by atoms with Crippen molar-refractivity contribution in [1.29, 1.82) is 0 Å². The molecule has 1 amide bonds. The van der Waals surface area contributed by atoms with Crippen LogP contribution in [-0.2, 0) is 18.4 Å². The number of carbonyl (C=O) groups is 1. The van der Waals surface area contributed by atoms with Crippen molar-refractivity contribution >= 4 is 13.7 Å². The van der Waals surface area contributed by atoms with Crippen molar-refractivity contribution in [3.63, 3.8) is 0 Å². The molecule has 2 N–H and O–H groups in total. The molecular weight excluding hydrogens is 1040 g/mol. The van der Waals surface area contributed by atoms with Crippen molar-refractivity contribution in [1.82, 2.24) is 5.32 Å². The first-order valence-corrected chi connectivity index (χ1v) is 38.0. The van der Waals surface area contributed by atoms with Crippen LogP contribution in [0.3, 0.4) is 0 Å². The summed E-state index contributed by atoms with van der Waals surface area (Å²) in [7, 11) is 1.26. The highest BCUT2D eigenvalue weighted by Gasteiger charge is 2.23. The number of hydrogen-bond donors (Lipinski definition) is 2. The largest absolute Gasteiger partial charge is 0.756 e. The van der Waals surface area contributed by atoms with Crippen LogP contribution in [0.2, 0.25) is 0 Å². The maximum Gasteiger partial charge on any atom is 0.268 e. The first kappa shape index (κ1) is 81.5. The number of aliphatic hydroxyl groups is 1. The van der Waals surface area contributed by atoms with Gasteiger partial charge in [0.05, 0.1) is 39.9 Å². The van der Waals surface area contributed by atoms with E-state index in [1.165, 1.54) is 302 Å². The monoisotopic (exact) mass is 1190 g/mol. The minimum Gasteiger partial charge on any atom is -0.756 e. The number of unbranched alkanes of at least 4 members (excludes halogenated alkanes) is 49. The molecule has 0 saturated carbocycles. The second-order valence-corrected chi connectivity index (χ2v) is 27.7. The molecule has 3 unspecified atom stereocenters. The lowest BCUT2D eigenvalue weighted by Gasteiger charge is -2.29. The molecule has 0 heterocycles. The molecule has 8 nitrogen and oxygen atoms in total. The lowest BCUT2D eigenvalue weighted by molar-refractivity contribution is -0.870. The fraction of sp³-hybridized carbons (Fsp3) is 0.878.